The van der Waals surface area contributed by atoms with Gasteiger partial charge in [0.15, 0.2) is 0 Å². The van der Waals surface area contributed by atoms with Gasteiger partial charge in [-0.3, -0.25) is 0 Å². The maximum absolute atomic E-state index is 12.5. The molecule has 10 heteroatoms. The molecule has 0 aliphatic heterocycles. The van der Waals surface area contributed by atoms with Crippen molar-refractivity contribution >= 4 is 22.4 Å². The van der Waals surface area contributed by atoms with Gasteiger partial charge in [0.1, 0.15) is 10.6 Å². The highest BCUT2D eigenvalue weighted by molar-refractivity contribution is 7.89. The van der Waals surface area contributed by atoms with E-state index in [4.69, 9.17) is 5.73 Å². The largest absolute Gasteiger partial charge is 0.573 e. The average molecular weight is 391 g/mol. The van der Waals surface area contributed by atoms with Crippen LogP contribution in [0.2, 0.25) is 0 Å². The van der Waals surface area contributed by atoms with Gasteiger partial charge in [0, 0.05) is 12.1 Å². The van der Waals surface area contributed by atoms with E-state index in [0.717, 1.165) is 12.1 Å². The van der Waals surface area contributed by atoms with Crippen molar-refractivity contribution in [3.05, 3.63) is 24.3 Å². The maximum Gasteiger partial charge on any atom is 0.573 e. The molecule has 5 nitrogen and oxygen atoms in total. The molecule has 0 amide bonds. The van der Waals surface area contributed by atoms with Crippen LogP contribution in [0.3, 0.4) is 0 Å². The highest BCUT2D eigenvalue weighted by Crippen LogP contribution is 2.30. The quantitative estimate of drug-likeness (QED) is 0.749. The molecule has 140 valence electrons. The summed E-state index contributed by atoms with van der Waals surface area (Å²) in [6.45, 7) is 5.40. The van der Waals surface area contributed by atoms with Crippen LogP contribution in [0.1, 0.15) is 27.2 Å². The van der Waals surface area contributed by atoms with Crippen molar-refractivity contribution in [1.82, 2.24) is 4.72 Å². The van der Waals surface area contributed by atoms with Crippen LogP contribution in [0.25, 0.3) is 0 Å². The van der Waals surface area contributed by atoms with E-state index >= 15 is 0 Å². The summed E-state index contributed by atoms with van der Waals surface area (Å²) in [6, 6.07) is 4.58. The Morgan fingerprint density at radius 3 is 2.25 bits per heavy atom. The molecule has 24 heavy (non-hydrogen) atoms. The number of sulfonamides is 1. The number of para-hydroxylation sites is 1. The van der Waals surface area contributed by atoms with E-state index < -0.39 is 32.6 Å². The van der Waals surface area contributed by atoms with E-state index in [1.54, 1.807) is 6.92 Å². The van der Waals surface area contributed by atoms with Gasteiger partial charge >= 0.3 is 6.36 Å². The molecule has 0 aromatic heterocycles. The number of nitrogens with two attached hydrogens (primary N) is 1. The van der Waals surface area contributed by atoms with Crippen molar-refractivity contribution in [3.63, 3.8) is 0 Å². The van der Waals surface area contributed by atoms with Gasteiger partial charge in [0.05, 0.1) is 0 Å². The lowest BCUT2D eigenvalue weighted by Gasteiger charge is -2.31. The number of alkyl halides is 3. The minimum atomic E-state index is -4.99. The Bertz CT molecular complexity index is 638. The second-order valence-electron chi connectivity index (χ2n) is 5.96. The molecule has 1 unspecified atom stereocenters. The monoisotopic (exact) mass is 390 g/mol. The SMILES string of the molecule is CC(C)CC(C)(CN)NS(=O)(=O)c1ccccc1OC(F)(F)F.Cl. The van der Waals surface area contributed by atoms with E-state index in [9.17, 15) is 21.6 Å². The molecule has 0 radical (unpaired) electrons. The van der Waals surface area contributed by atoms with Crippen LogP contribution in [-0.2, 0) is 10.0 Å². The second kappa shape index (κ2) is 8.37. The number of nitrogens with one attached hydrogen (secondary N) is 1. The molecular weight excluding hydrogens is 369 g/mol. The van der Waals surface area contributed by atoms with Crippen molar-refractivity contribution in [2.75, 3.05) is 6.54 Å². The van der Waals surface area contributed by atoms with Gasteiger partial charge in [0.2, 0.25) is 10.0 Å². The lowest BCUT2D eigenvalue weighted by atomic mass is 9.92. The fraction of sp³-hybridized carbons (Fsp3) is 0.571. The molecule has 0 heterocycles. The number of ether oxygens (including phenoxy) is 1. The lowest BCUT2D eigenvalue weighted by molar-refractivity contribution is -0.275. The van der Waals surface area contributed by atoms with Crippen LogP contribution >= 0.6 is 12.4 Å². The van der Waals surface area contributed by atoms with Gasteiger partial charge in [-0.1, -0.05) is 26.0 Å². The fourth-order valence-corrected chi connectivity index (χ4v) is 3.89. The zero-order chi connectivity index (χ0) is 17.9. The number of hydrogen-bond acceptors (Lipinski definition) is 4. The van der Waals surface area contributed by atoms with E-state index in [-0.39, 0.29) is 24.9 Å². The minimum Gasteiger partial charge on any atom is -0.404 e. The summed E-state index contributed by atoms with van der Waals surface area (Å²) in [6.07, 6.45) is -4.55. The van der Waals surface area contributed by atoms with Crippen molar-refractivity contribution in [2.45, 2.75) is 44.0 Å². The molecule has 0 aliphatic rings. The molecule has 1 aromatic carbocycles. The molecule has 1 rings (SSSR count). The summed E-state index contributed by atoms with van der Waals surface area (Å²) in [5, 5.41) is 0. The summed E-state index contributed by atoms with van der Waals surface area (Å²) in [5.74, 6) is -0.635. The Morgan fingerprint density at radius 1 is 1.25 bits per heavy atom. The Kier molecular flexibility index (Phi) is 8.01. The molecule has 0 fully saturated rings. The van der Waals surface area contributed by atoms with Gasteiger partial charge < -0.3 is 10.5 Å². The van der Waals surface area contributed by atoms with E-state index in [2.05, 4.69) is 9.46 Å². The van der Waals surface area contributed by atoms with E-state index in [1.807, 2.05) is 13.8 Å². The van der Waals surface area contributed by atoms with Crippen LogP contribution < -0.4 is 15.2 Å². The predicted molar refractivity (Wildman–Crippen MR) is 87.6 cm³/mol. The maximum atomic E-state index is 12.5. The molecule has 0 spiro atoms. The number of benzene rings is 1. The molecule has 1 atom stereocenters. The molecular formula is C14H22ClF3N2O3S. The molecule has 3 N–H and O–H groups in total. The van der Waals surface area contributed by atoms with Crippen molar-refractivity contribution in [2.24, 2.45) is 11.7 Å². The summed E-state index contributed by atoms with van der Waals surface area (Å²) in [7, 11) is -4.23. The first-order chi connectivity index (χ1) is 10.4. The van der Waals surface area contributed by atoms with Gasteiger partial charge in [-0.15, -0.1) is 25.6 Å². The smallest absolute Gasteiger partial charge is 0.404 e. The average Bonchev–Trinajstić information content (AvgIpc) is 2.35. The standard InChI is InChI=1S/C14H21F3N2O3S.ClH/c1-10(2)8-13(3,9-18)19-23(20,21)12-7-5-4-6-11(12)22-14(15,16)17;/h4-7,10,19H,8-9,18H2,1-3H3;1H. The van der Waals surface area contributed by atoms with Crippen molar-refractivity contribution in [1.29, 1.82) is 0 Å². The normalized spacial score (nSPS) is 14.8. The topological polar surface area (TPSA) is 81.4 Å². The van der Waals surface area contributed by atoms with Crippen LogP contribution in [0.15, 0.2) is 29.2 Å². The van der Waals surface area contributed by atoms with Crippen LogP contribution in [0, 0.1) is 5.92 Å². The van der Waals surface area contributed by atoms with Crippen LogP contribution in [0.4, 0.5) is 13.2 Å². The summed E-state index contributed by atoms with van der Waals surface area (Å²) >= 11 is 0. The second-order valence-corrected chi connectivity index (χ2v) is 7.61. The number of hydrogen-bond donors (Lipinski definition) is 2. The van der Waals surface area contributed by atoms with Crippen LogP contribution in [0.5, 0.6) is 5.75 Å². The Hall–Kier alpha value is -1.03. The third-order valence-electron chi connectivity index (χ3n) is 3.05. The lowest BCUT2D eigenvalue weighted by Crippen LogP contribution is -2.52. The number of rotatable bonds is 7. The molecule has 1 aromatic rings. The summed E-state index contributed by atoms with van der Waals surface area (Å²) in [5.41, 5.74) is 4.67. The first kappa shape index (κ1) is 23.0. The van der Waals surface area contributed by atoms with Gasteiger partial charge in [-0.2, -0.15) is 0 Å². The molecule has 0 saturated heterocycles. The summed E-state index contributed by atoms with van der Waals surface area (Å²) in [4.78, 5) is -0.583. The van der Waals surface area contributed by atoms with Gasteiger partial charge in [-0.25, -0.2) is 13.1 Å². The first-order valence-electron chi connectivity index (χ1n) is 6.97. The Morgan fingerprint density at radius 2 is 1.79 bits per heavy atom. The van der Waals surface area contributed by atoms with E-state index in [0.29, 0.717) is 6.42 Å². The predicted octanol–water partition coefficient (Wildman–Crippen LogP) is 3.05. The van der Waals surface area contributed by atoms with Gasteiger partial charge in [0.25, 0.3) is 0 Å². The highest BCUT2D eigenvalue weighted by Gasteiger charge is 2.36. The molecule has 0 aliphatic carbocycles. The van der Waals surface area contributed by atoms with Crippen LogP contribution in [-0.4, -0.2) is 26.9 Å². The Labute approximate surface area is 146 Å². The van der Waals surface area contributed by atoms with E-state index in [1.165, 1.54) is 12.1 Å². The third-order valence-corrected chi connectivity index (χ3v) is 4.73. The fourth-order valence-electron chi connectivity index (χ4n) is 2.33. The van der Waals surface area contributed by atoms with Crippen molar-refractivity contribution < 1.29 is 26.3 Å². The third kappa shape index (κ3) is 6.84. The minimum absolute atomic E-state index is 0. The first-order valence-corrected chi connectivity index (χ1v) is 8.46. The van der Waals surface area contributed by atoms with Crippen molar-refractivity contribution in [3.8, 4) is 5.75 Å². The molecule has 0 bridgehead atoms. The Balaban J connectivity index is 0.00000529. The zero-order valence-electron chi connectivity index (χ0n) is 13.6. The zero-order valence-corrected chi connectivity index (χ0v) is 15.2. The van der Waals surface area contributed by atoms with Gasteiger partial charge in [-0.05, 0) is 31.4 Å². The highest BCUT2D eigenvalue weighted by atomic mass is 35.5. The molecule has 0 saturated carbocycles. The summed E-state index contributed by atoms with van der Waals surface area (Å²) < 4.78 is 68.4. The number of halogens is 4.